The molecular weight excluding hydrogens is 236 g/mol. The first kappa shape index (κ1) is 13.4. The number of likely N-dealkylation sites (tertiary alicyclic amines) is 1. The molecule has 1 aliphatic heterocycles. The summed E-state index contributed by atoms with van der Waals surface area (Å²) in [6.07, 6.45) is 9.81. The van der Waals surface area contributed by atoms with Gasteiger partial charge in [-0.1, -0.05) is 6.42 Å². The van der Waals surface area contributed by atoms with Gasteiger partial charge in [0.05, 0.1) is 0 Å². The second-order valence-corrected chi connectivity index (χ2v) is 7.08. The van der Waals surface area contributed by atoms with Gasteiger partial charge < -0.3 is 10.6 Å². The molecule has 2 atom stereocenters. The van der Waals surface area contributed by atoms with Crippen LogP contribution in [0.25, 0.3) is 0 Å². The Balaban J connectivity index is 1.44. The van der Waals surface area contributed by atoms with Gasteiger partial charge in [0.15, 0.2) is 0 Å². The van der Waals surface area contributed by atoms with Crippen molar-refractivity contribution in [2.24, 2.45) is 29.4 Å². The zero-order valence-corrected chi connectivity index (χ0v) is 12.0. The lowest BCUT2D eigenvalue weighted by Crippen LogP contribution is -2.32. The lowest BCUT2D eigenvalue weighted by atomic mass is 9.80. The van der Waals surface area contributed by atoms with E-state index in [2.05, 4.69) is 4.90 Å². The number of amides is 1. The highest BCUT2D eigenvalue weighted by Crippen LogP contribution is 2.38. The van der Waals surface area contributed by atoms with E-state index in [1.165, 1.54) is 44.9 Å². The van der Waals surface area contributed by atoms with Gasteiger partial charge in [-0.15, -0.1) is 0 Å². The lowest BCUT2D eigenvalue weighted by molar-refractivity contribution is -0.131. The van der Waals surface area contributed by atoms with Crippen LogP contribution in [0, 0.1) is 23.7 Å². The maximum atomic E-state index is 12.4. The first-order chi connectivity index (χ1) is 9.26. The summed E-state index contributed by atoms with van der Waals surface area (Å²) in [4.78, 5) is 14.6. The smallest absolute Gasteiger partial charge is 0.222 e. The van der Waals surface area contributed by atoms with Gasteiger partial charge in [0.2, 0.25) is 5.91 Å². The molecule has 3 rings (SSSR count). The number of nitrogens with two attached hydrogens (primary N) is 1. The first-order valence-corrected chi connectivity index (χ1v) is 8.24. The second-order valence-electron chi connectivity index (χ2n) is 7.08. The summed E-state index contributed by atoms with van der Waals surface area (Å²) >= 11 is 0. The van der Waals surface area contributed by atoms with Crippen molar-refractivity contribution in [3.8, 4) is 0 Å². The number of rotatable bonds is 3. The maximum absolute atomic E-state index is 12.4. The third kappa shape index (κ3) is 2.96. The SMILES string of the molecule is NCC1CCC(CC(=O)N2CC3CCCC3C2)CC1. The zero-order valence-electron chi connectivity index (χ0n) is 12.0. The Kier molecular flexibility index (Phi) is 4.11. The number of hydrogen-bond acceptors (Lipinski definition) is 2. The highest BCUT2D eigenvalue weighted by Gasteiger charge is 2.38. The third-order valence-electron chi connectivity index (χ3n) is 5.84. The average molecular weight is 264 g/mol. The molecule has 1 heterocycles. The Hall–Kier alpha value is -0.570. The van der Waals surface area contributed by atoms with Crippen LogP contribution < -0.4 is 5.73 Å². The van der Waals surface area contributed by atoms with Gasteiger partial charge >= 0.3 is 0 Å². The monoisotopic (exact) mass is 264 g/mol. The fourth-order valence-corrected chi connectivity index (χ4v) is 4.49. The van der Waals surface area contributed by atoms with Crippen LogP contribution in [0.4, 0.5) is 0 Å². The van der Waals surface area contributed by atoms with Crippen LogP contribution >= 0.6 is 0 Å². The molecule has 1 amide bonds. The molecule has 1 saturated heterocycles. The molecule has 0 aromatic heterocycles. The number of carbonyl (C=O) groups excluding carboxylic acids is 1. The quantitative estimate of drug-likeness (QED) is 0.851. The van der Waals surface area contributed by atoms with Crippen LogP contribution in [0.3, 0.4) is 0 Å². The number of fused-ring (bicyclic) bond motifs is 1. The van der Waals surface area contributed by atoms with Crippen molar-refractivity contribution < 1.29 is 4.79 Å². The molecule has 108 valence electrons. The van der Waals surface area contributed by atoms with E-state index in [9.17, 15) is 4.79 Å². The fourth-order valence-electron chi connectivity index (χ4n) is 4.49. The highest BCUT2D eigenvalue weighted by atomic mass is 16.2. The molecule has 19 heavy (non-hydrogen) atoms. The molecule has 3 fully saturated rings. The topological polar surface area (TPSA) is 46.3 Å². The van der Waals surface area contributed by atoms with E-state index in [4.69, 9.17) is 5.73 Å². The third-order valence-corrected chi connectivity index (χ3v) is 5.84. The summed E-state index contributed by atoms with van der Waals surface area (Å²) in [5.74, 6) is 3.45. The summed E-state index contributed by atoms with van der Waals surface area (Å²) in [7, 11) is 0. The van der Waals surface area contributed by atoms with Gasteiger partial charge in [0, 0.05) is 19.5 Å². The Morgan fingerprint density at radius 2 is 1.53 bits per heavy atom. The largest absolute Gasteiger partial charge is 0.342 e. The Labute approximate surface area is 116 Å². The van der Waals surface area contributed by atoms with Gasteiger partial charge in [-0.25, -0.2) is 0 Å². The van der Waals surface area contributed by atoms with E-state index in [-0.39, 0.29) is 0 Å². The second kappa shape index (κ2) is 5.82. The molecule has 3 nitrogen and oxygen atoms in total. The van der Waals surface area contributed by atoms with Crippen LogP contribution in [-0.2, 0) is 4.79 Å². The van der Waals surface area contributed by atoms with Gasteiger partial charge in [-0.05, 0) is 68.7 Å². The minimum absolute atomic E-state index is 0.436. The van der Waals surface area contributed by atoms with Gasteiger partial charge in [0.1, 0.15) is 0 Å². The molecule has 0 bridgehead atoms. The average Bonchev–Trinajstić information content (AvgIpc) is 3.00. The first-order valence-electron chi connectivity index (χ1n) is 8.24. The predicted molar refractivity (Wildman–Crippen MR) is 76.5 cm³/mol. The molecule has 0 radical (unpaired) electrons. The van der Waals surface area contributed by atoms with Crippen LogP contribution in [-0.4, -0.2) is 30.4 Å². The van der Waals surface area contributed by atoms with E-state index in [1.54, 1.807) is 0 Å². The van der Waals surface area contributed by atoms with Crippen molar-refractivity contribution in [3.05, 3.63) is 0 Å². The summed E-state index contributed by atoms with van der Waals surface area (Å²) in [6.45, 7) is 2.94. The van der Waals surface area contributed by atoms with Gasteiger partial charge in [-0.3, -0.25) is 4.79 Å². The van der Waals surface area contributed by atoms with E-state index in [1.807, 2.05) is 0 Å². The molecule has 3 heteroatoms. The Bertz CT molecular complexity index is 311. The zero-order chi connectivity index (χ0) is 13.2. The van der Waals surface area contributed by atoms with Crippen molar-refractivity contribution >= 4 is 5.91 Å². The molecule has 0 aromatic carbocycles. The molecule has 0 spiro atoms. The molecule has 2 saturated carbocycles. The molecule has 3 aliphatic rings. The van der Waals surface area contributed by atoms with E-state index < -0.39 is 0 Å². The van der Waals surface area contributed by atoms with Gasteiger partial charge in [0.25, 0.3) is 0 Å². The van der Waals surface area contributed by atoms with Crippen LogP contribution in [0.5, 0.6) is 0 Å². The Morgan fingerprint density at radius 1 is 0.947 bits per heavy atom. The van der Waals surface area contributed by atoms with E-state index >= 15 is 0 Å². The summed E-state index contributed by atoms with van der Waals surface area (Å²) < 4.78 is 0. The minimum Gasteiger partial charge on any atom is -0.342 e. The molecule has 2 N–H and O–H groups in total. The predicted octanol–water partition coefficient (Wildman–Crippen LogP) is 2.40. The molecule has 2 unspecified atom stereocenters. The summed E-state index contributed by atoms with van der Waals surface area (Å²) in [5.41, 5.74) is 5.73. The number of hydrogen-bond donors (Lipinski definition) is 1. The highest BCUT2D eigenvalue weighted by molar-refractivity contribution is 5.76. The Morgan fingerprint density at radius 3 is 2.11 bits per heavy atom. The summed E-state index contributed by atoms with van der Waals surface area (Å²) in [6, 6.07) is 0. The van der Waals surface area contributed by atoms with Crippen LogP contribution in [0.1, 0.15) is 51.4 Å². The maximum Gasteiger partial charge on any atom is 0.222 e. The molecular formula is C16H28N2O. The van der Waals surface area contributed by atoms with Gasteiger partial charge in [-0.2, -0.15) is 0 Å². The van der Waals surface area contributed by atoms with Crippen molar-refractivity contribution in [1.29, 1.82) is 0 Å². The van der Waals surface area contributed by atoms with Crippen molar-refractivity contribution in [2.45, 2.75) is 51.4 Å². The molecule has 2 aliphatic carbocycles. The van der Waals surface area contributed by atoms with Crippen molar-refractivity contribution in [3.63, 3.8) is 0 Å². The molecule has 0 aromatic rings. The van der Waals surface area contributed by atoms with Crippen molar-refractivity contribution in [1.82, 2.24) is 4.90 Å². The van der Waals surface area contributed by atoms with Crippen molar-refractivity contribution in [2.75, 3.05) is 19.6 Å². The standard InChI is InChI=1S/C16H28N2O/c17-9-13-6-4-12(5-7-13)8-16(19)18-10-14-2-1-3-15(14)11-18/h12-15H,1-11,17H2. The van der Waals surface area contributed by atoms with E-state index in [0.29, 0.717) is 11.8 Å². The summed E-state index contributed by atoms with van der Waals surface area (Å²) in [5, 5.41) is 0. The lowest BCUT2D eigenvalue weighted by Gasteiger charge is -2.28. The van der Waals surface area contributed by atoms with Crippen LogP contribution in [0.2, 0.25) is 0 Å². The minimum atomic E-state index is 0.436. The van der Waals surface area contributed by atoms with Crippen LogP contribution in [0.15, 0.2) is 0 Å². The fraction of sp³-hybridized carbons (Fsp3) is 0.938. The number of carbonyl (C=O) groups is 1. The normalized spacial score (nSPS) is 38.5. The number of nitrogens with zero attached hydrogens (tertiary/aromatic N) is 1. The van der Waals surface area contributed by atoms with E-state index in [0.717, 1.165) is 43.8 Å².